The summed E-state index contributed by atoms with van der Waals surface area (Å²) in [4.78, 5) is 12.7. The highest BCUT2D eigenvalue weighted by atomic mass is 16.1. The highest BCUT2D eigenvalue weighted by Gasteiger charge is 2.39. The van der Waals surface area contributed by atoms with Crippen LogP contribution in [0.4, 0.5) is 0 Å². The van der Waals surface area contributed by atoms with Crippen molar-refractivity contribution >= 4 is 5.78 Å². The Kier molecular flexibility index (Phi) is 4.09. The van der Waals surface area contributed by atoms with Crippen molar-refractivity contribution in [2.75, 3.05) is 6.54 Å². The molecular formula is C15H25N3O. The molecule has 1 saturated carbocycles. The quantitative estimate of drug-likeness (QED) is 0.903. The number of hydrogen-bond donors (Lipinski definition) is 1. The Morgan fingerprint density at radius 2 is 2.16 bits per heavy atom. The Labute approximate surface area is 115 Å². The van der Waals surface area contributed by atoms with E-state index in [9.17, 15) is 4.79 Å². The predicted molar refractivity (Wildman–Crippen MR) is 75.8 cm³/mol. The molecule has 1 aliphatic carbocycles. The molecule has 0 aromatic carbocycles. The number of carbonyl (C=O) groups excluding carboxylic acids is 1. The topological polar surface area (TPSA) is 60.9 Å². The Balaban J connectivity index is 2.11. The summed E-state index contributed by atoms with van der Waals surface area (Å²) in [6, 6.07) is 1.99. The van der Waals surface area contributed by atoms with E-state index in [2.05, 4.69) is 12.0 Å². The second kappa shape index (κ2) is 5.45. The van der Waals surface area contributed by atoms with Crippen molar-refractivity contribution in [1.29, 1.82) is 0 Å². The minimum absolute atomic E-state index is 0.287. The lowest BCUT2D eigenvalue weighted by atomic mass is 9.67. The zero-order chi connectivity index (χ0) is 14.0. The van der Waals surface area contributed by atoms with Gasteiger partial charge in [0.05, 0.1) is 5.69 Å². The average molecular weight is 263 g/mol. The summed E-state index contributed by atoms with van der Waals surface area (Å²) >= 11 is 0. The number of nitrogens with two attached hydrogens (primary N) is 1. The SMILES string of the molecule is Cc1cc(CC(=O)C2(CN)CCC(C)CC2)n(C)n1. The van der Waals surface area contributed by atoms with Crippen LogP contribution in [0.3, 0.4) is 0 Å². The van der Waals surface area contributed by atoms with E-state index >= 15 is 0 Å². The summed E-state index contributed by atoms with van der Waals surface area (Å²) in [6.07, 6.45) is 4.59. The smallest absolute Gasteiger partial charge is 0.146 e. The van der Waals surface area contributed by atoms with Gasteiger partial charge in [0.1, 0.15) is 5.78 Å². The summed E-state index contributed by atoms with van der Waals surface area (Å²) in [5.41, 5.74) is 7.61. The maximum Gasteiger partial charge on any atom is 0.146 e. The standard InChI is InChI=1S/C15H25N3O/c1-11-4-6-15(10-16,7-5-11)14(19)9-13-8-12(2)17-18(13)3/h8,11H,4-7,9-10,16H2,1-3H3. The molecule has 1 heterocycles. The van der Waals surface area contributed by atoms with E-state index in [1.54, 1.807) is 0 Å². The lowest BCUT2D eigenvalue weighted by Gasteiger charge is -2.37. The molecule has 106 valence electrons. The van der Waals surface area contributed by atoms with E-state index in [1.807, 2.05) is 24.7 Å². The van der Waals surface area contributed by atoms with Gasteiger partial charge < -0.3 is 5.73 Å². The fourth-order valence-electron chi connectivity index (χ4n) is 3.09. The number of carbonyl (C=O) groups is 1. The first-order valence-corrected chi connectivity index (χ1v) is 7.20. The fraction of sp³-hybridized carbons (Fsp3) is 0.733. The van der Waals surface area contributed by atoms with Crippen molar-refractivity contribution in [3.05, 3.63) is 17.5 Å². The second-order valence-corrected chi connectivity index (χ2v) is 6.17. The van der Waals surface area contributed by atoms with E-state index < -0.39 is 0 Å². The van der Waals surface area contributed by atoms with Crippen LogP contribution in [0.5, 0.6) is 0 Å². The number of hydrogen-bond acceptors (Lipinski definition) is 3. The molecule has 2 N–H and O–H groups in total. The highest BCUT2D eigenvalue weighted by Crippen LogP contribution is 2.39. The van der Waals surface area contributed by atoms with Crippen LogP contribution in [-0.2, 0) is 18.3 Å². The maximum atomic E-state index is 12.7. The lowest BCUT2D eigenvalue weighted by molar-refractivity contribution is -0.129. The Morgan fingerprint density at radius 3 is 2.63 bits per heavy atom. The third-order valence-electron chi connectivity index (χ3n) is 4.65. The van der Waals surface area contributed by atoms with E-state index in [0.717, 1.165) is 43.0 Å². The molecule has 2 rings (SSSR count). The predicted octanol–water partition coefficient (Wildman–Crippen LogP) is 2.00. The molecule has 0 radical (unpaired) electrons. The van der Waals surface area contributed by atoms with Crippen molar-refractivity contribution in [2.24, 2.45) is 24.1 Å². The van der Waals surface area contributed by atoms with Gasteiger partial charge in [-0.15, -0.1) is 0 Å². The third-order valence-corrected chi connectivity index (χ3v) is 4.65. The highest BCUT2D eigenvalue weighted by molar-refractivity contribution is 5.87. The number of ketones is 1. The van der Waals surface area contributed by atoms with Crippen LogP contribution in [0.15, 0.2) is 6.07 Å². The van der Waals surface area contributed by atoms with Gasteiger partial charge in [-0.3, -0.25) is 9.48 Å². The Hall–Kier alpha value is -1.16. The molecule has 0 spiro atoms. The van der Waals surface area contributed by atoms with Gasteiger partial charge in [-0.05, 0) is 44.6 Å². The van der Waals surface area contributed by atoms with Crippen molar-refractivity contribution in [2.45, 2.75) is 46.0 Å². The molecular weight excluding hydrogens is 238 g/mol. The van der Waals surface area contributed by atoms with Crippen LogP contribution in [0, 0.1) is 18.3 Å². The molecule has 0 aliphatic heterocycles. The molecule has 0 atom stereocenters. The number of aryl methyl sites for hydroxylation is 2. The van der Waals surface area contributed by atoms with Gasteiger partial charge in [0.2, 0.25) is 0 Å². The van der Waals surface area contributed by atoms with E-state index in [0.29, 0.717) is 18.7 Å². The van der Waals surface area contributed by atoms with Crippen molar-refractivity contribution in [3.63, 3.8) is 0 Å². The summed E-state index contributed by atoms with van der Waals surface area (Å²) in [6.45, 7) is 4.69. The first-order chi connectivity index (χ1) is 8.97. The van der Waals surface area contributed by atoms with Crippen LogP contribution in [-0.4, -0.2) is 22.1 Å². The van der Waals surface area contributed by atoms with Crippen molar-refractivity contribution in [1.82, 2.24) is 9.78 Å². The maximum absolute atomic E-state index is 12.7. The minimum Gasteiger partial charge on any atom is -0.329 e. The molecule has 1 aromatic rings. The van der Waals surface area contributed by atoms with E-state index in [1.165, 1.54) is 0 Å². The van der Waals surface area contributed by atoms with Crippen LogP contribution < -0.4 is 5.73 Å². The summed E-state index contributed by atoms with van der Waals surface area (Å²) in [5, 5.41) is 4.30. The lowest BCUT2D eigenvalue weighted by Crippen LogP contribution is -2.42. The van der Waals surface area contributed by atoms with Gasteiger partial charge in [0, 0.05) is 31.1 Å². The van der Waals surface area contributed by atoms with Crippen LogP contribution in [0.1, 0.15) is 44.0 Å². The monoisotopic (exact) mass is 263 g/mol. The molecule has 4 heteroatoms. The molecule has 0 amide bonds. The van der Waals surface area contributed by atoms with E-state index in [-0.39, 0.29) is 5.41 Å². The third kappa shape index (κ3) is 2.89. The van der Waals surface area contributed by atoms with Gasteiger partial charge in [-0.25, -0.2) is 0 Å². The van der Waals surface area contributed by atoms with Gasteiger partial charge in [-0.1, -0.05) is 6.92 Å². The molecule has 0 unspecified atom stereocenters. The molecule has 19 heavy (non-hydrogen) atoms. The zero-order valence-electron chi connectivity index (χ0n) is 12.3. The molecule has 1 aromatic heterocycles. The zero-order valence-corrected chi connectivity index (χ0v) is 12.3. The van der Waals surface area contributed by atoms with Crippen molar-refractivity contribution < 1.29 is 4.79 Å². The first kappa shape index (κ1) is 14.3. The molecule has 0 saturated heterocycles. The minimum atomic E-state index is -0.287. The Morgan fingerprint density at radius 1 is 1.53 bits per heavy atom. The average Bonchev–Trinajstić information content (AvgIpc) is 2.69. The van der Waals surface area contributed by atoms with Gasteiger partial charge in [0.15, 0.2) is 0 Å². The summed E-state index contributed by atoms with van der Waals surface area (Å²) < 4.78 is 1.81. The number of rotatable bonds is 4. The second-order valence-electron chi connectivity index (χ2n) is 6.17. The number of aromatic nitrogens is 2. The Bertz CT molecular complexity index is 456. The van der Waals surface area contributed by atoms with Crippen molar-refractivity contribution in [3.8, 4) is 0 Å². The number of Topliss-reactive ketones (excluding diaryl/α,β-unsaturated/α-hetero) is 1. The van der Waals surface area contributed by atoms with E-state index in [4.69, 9.17) is 5.73 Å². The number of nitrogens with zero attached hydrogens (tertiary/aromatic N) is 2. The molecule has 1 fully saturated rings. The molecule has 1 aliphatic rings. The molecule has 4 nitrogen and oxygen atoms in total. The van der Waals surface area contributed by atoms with Crippen LogP contribution >= 0.6 is 0 Å². The largest absolute Gasteiger partial charge is 0.329 e. The summed E-state index contributed by atoms with van der Waals surface area (Å²) in [5.74, 6) is 1.02. The van der Waals surface area contributed by atoms with Crippen LogP contribution in [0.25, 0.3) is 0 Å². The van der Waals surface area contributed by atoms with Gasteiger partial charge in [-0.2, -0.15) is 5.10 Å². The first-order valence-electron chi connectivity index (χ1n) is 7.20. The fourth-order valence-corrected chi connectivity index (χ4v) is 3.09. The normalized spacial score (nSPS) is 27.5. The summed E-state index contributed by atoms with van der Waals surface area (Å²) in [7, 11) is 1.90. The van der Waals surface area contributed by atoms with Crippen LogP contribution in [0.2, 0.25) is 0 Å². The molecule has 0 bridgehead atoms. The van der Waals surface area contributed by atoms with Gasteiger partial charge in [0.25, 0.3) is 0 Å². The van der Waals surface area contributed by atoms with Gasteiger partial charge >= 0.3 is 0 Å².